The van der Waals surface area contributed by atoms with Gasteiger partial charge in [-0.05, 0) is 19.8 Å². The standard InChI is InChI=1S/C11H20N4/c1-4-6-15(7-5-2)10-9(3)8-13-11(12)14-10/h8H,4-7H2,1-3H3,(H2,12,13,14). The van der Waals surface area contributed by atoms with Crippen molar-refractivity contribution in [2.24, 2.45) is 0 Å². The number of nitrogens with zero attached hydrogens (tertiary/aromatic N) is 3. The van der Waals surface area contributed by atoms with Gasteiger partial charge in [0, 0.05) is 24.8 Å². The van der Waals surface area contributed by atoms with Crippen LogP contribution < -0.4 is 10.6 Å². The van der Waals surface area contributed by atoms with Gasteiger partial charge in [0.25, 0.3) is 0 Å². The Hall–Kier alpha value is -1.32. The Morgan fingerprint density at radius 3 is 2.40 bits per heavy atom. The van der Waals surface area contributed by atoms with E-state index in [1.807, 2.05) is 6.92 Å². The summed E-state index contributed by atoms with van der Waals surface area (Å²) in [4.78, 5) is 10.6. The van der Waals surface area contributed by atoms with E-state index in [0.717, 1.165) is 37.3 Å². The number of aryl methyl sites for hydroxylation is 1. The quantitative estimate of drug-likeness (QED) is 0.804. The summed E-state index contributed by atoms with van der Waals surface area (Å²) in [5.74, 6) is 1.33. The van der Waals surface area contributed by atoms with Gasteiger partial charge in [-0.25, -0.2) is 4.98 Å². The normalized spacial score (nSPS) is 10.3. The molecule has 0 aliphatic rings. The first kappa shape index (κ1) is 11.8. The fraction of sp³-hybridized carbons (Fsp3) is 0.636. The highest BCUT2D eigenvalue weighted by Gasteiger charge is 2.09. The highest BCUT2D eigenvalue weighted by Crippen LogP contribution is 2.17. The van der Waals surface area contributed by atoms with Crippen molar-refractivity contribution in [3.05, 3.63) is 11.8 Å². The molecule has 0 aromatic carbocycles. The predicted octanol–water partition coefficient (Wildman–Crippen LogP) is 1.99. The van der Waals surface area contributed by atoms with Gasteiger partial charge in [-0.3, -0.25) is 0 Å². The van der Waals surface area contributed by atoms with Crippen LogP contribution in [-0.4, -0.2) is 23.1 Å². The number of rotatable bonds is 5. The van der Waals surface area contributed by atoms with Crippen LogP contribution in [0, 0.1) is 6.92 Å². The van der Waals surface area contributed by atoms with Crippen molar-refractivity contribution in [2.75, 3.05) is 23.7 Å². The lowest BCUT2D eigenvalue weighted by molar-refractivity contribution is 0.730. The molecule has 0 radical (unpaired) electrons. The number of hydrogen-bond donors (Lipinski definition) is 1. The SMILES string of the molecule is CCCN(CCC)c1nc(N)ncc1C. The molecule has 1 aromatic heterocycles. The molecule has 1 rings (SSSR count). The Labute approximate surface area is 91.5 Å². The summed E-state index contributed by atoms with van der Waals surface area (Å²) in [6, 6.07) is 0. The van der Waals surface area contributed by atoms with Crippen LogP contribution in [-0.2, 0) is 0 Å². The van der Waals surface area contributed by atoms with Crippen LogP contribution in [0.4, 0.5) is 11.8 Å². The van der Waals surface area contributed by atoms with Crippen molar-refractivity contribution in [3.63, 3.8) is 0 Å². The van der Waals surface area contributed by atoms with E-state index >= 15 is 0 Å². The maximum absolute atomic E-state index is 5.61. The van der Waals surface area contributed by atoms with Gasteiger partial charge in [0.05, 0.1) is 0 Å². The minimum absolute atomic E-state index is 0.354. The molecule has 0 unspecified atom stereocenters. The molecule has 0 saturated heterocycles. The molecule has 0 bridgehead atoms. The molecular weight excluding hydrogens is 188 g/mol. The maximum atomic E-state index is 5.61. The molecule has 0 amide bonds. The summed E-state index contributed by atoms with van der Waals surface area (Å²) < 4.78 is 0. The zero-order valence-electron chi connectivity index (χ0n) is 9.82. The van der Waals surface area contributed by atoms with Crippen LogP contribution in [0.1, 0.15) is 32.3 Å². The molecule has 0 atom stereocenters. The molecule has 15 heavy (non-hydrogen) atoms. The average molecular weight is 208 g/mol. The average Bonchev–Trinajstić information content (AvgIpc) is 2.21. The summed E-state index contributed by atoms with van der Waals surface area (Å²) >= 11 is 0. The lowest BCUT2D eigenvalue weighted by Gasteiger charge is -2.24. The third-order valence-electron chi connectivity index (χ3n) is 2.25. The zero-order chi connectivity index (χ0) is 11.3. The van der Waals surface area contributed by atoms with Crippen LogP contribution in [0.3, 0.4) is 0 Å². The molecule has 1 aromatic rings. The molecule has 0 fully saturated rings. The Kier molecular flexibility index (Phi) is 4.34. The van der Waals surface area contributed by atoms with Gasteiger partial charge in [-0.1, -0.05) is 13.8 Å². The van der Waals surface area contributed by atoms with Crippen molar-refractivity contribution in [1.82, 2.24) is 9.97 Å². The van der Waals surface area contributed by atoms with E-state index in [2.05, 4.69) is 28.7 Å². The van der Waals surface area contributed by atoms with E-state index < -0.39 is 0 Å². The first-order valence-electron chi connectivity index (χ1n) is 5.53. The van der Waals surface area contributed by atoms with Gasteiger partial charge < -0.3 is 10.6 Å². The minimum Gasteiger partial charge on any atom is -0.368 e. The van der Waals surface area contributed by atoms with Crippen LogP contribution >= 0.6 is 0 Å². The van der Waals surface area contributed by atoms with Crippen molar-refractivity contribution in [2.45, 2.75) is 33.6 Å². The molecule has 0 saturated carbocycles. The Morgan fingerprint density at radius 2 is 1.87 bits per heavy atom. The third kappa shape index (κ3) is 3.08. The fourth-order valence-electron chi connectivity index (χ4n) is 1.63. The first-order chi connectivity index (χ1) is 7.19. The van der Waals surface area contributed by atoms with E-state index in [1.165, 1.54) is 0 Å². The summed E-state index contributed by atoms with van der Waals surface area (Å²) in [5.41, 5.74) is 6.70. The van der Waals surface area contributed by atoms with Crippen LogP contribution in [0.5, 0.6) is 0 Å². The van der Waals surface area contributed by atoms with Crippen molar-refractivity contribution in [3.8, 4) is 0 Å². The third-order valence-corrected chi connectivity index (χ3v) is 2.25. The summed E-state index contributed by atoms with van der Waals surface area (Å²) in [7, 11) is 0. The fourth-order valence-corrected chi connectivity index (χ4v) is 1.63. The second-order valence-corrected chi connectivity index (χ2v) is 3.72. The molecule has 0 aliphatic heterocycles. The molecule has 84 valence electrons. The highest BCUT2D eigenvalue weighted by molar-refractivity contribution is 5.47. The van der Waals surface area contributed by atoms with Gasteiger partial charge >= 0.3 is 0 Å². The summed E-state index contributed by atoms with van der Waals surface area (Å²) in [5, 5.41) is 0. The second-order valence-electron chi connectivity index (χ2n) is 3.72. The largest absolute Gasteiger partial charge is 0.368 e. The molecule has 0 spiro atoms. The smallest absolute Gasteiger partial charge is 0.221 e. The van der Waals surface area contributed by atoms with Gasteiger partial charge in [-0.15, -0.1) is 0 Å². The maximum Gasteiger partial charge on any atom is 0.221 e. The number of nitrogen functional groups attached to an aromatic ring is 1. The Balaban J connectivity index is 2.93. The molecule has 4 heteroatoms. The van der Waals surface area contributed by atoms with Gasteiger partial charge in [-0.2, -0.15) is 4.98 Å². The first-order valence-corrected chi connectivity index (χ1v) is 5.53. The van der Waals surface area contributed by atoms with Crippen molar-refractivity contribution >= 4 is 11.8 Å². The van der Waals surface area contributed by atoms with E-state index in [0.29, 0.717) is 5.95 Å². The number of aromatic nitrogens is 2. The monoisotopic (exact) mass is 208 g/mol. The van der Waals surface area contributed by atoms with E-state index in [1.54, 1.807) is 6.20 Å². The van der Waals surface area contributed by atoms with E-state index in [4.69, 9.17) is 5.73 Å². The van der Waals surface area contributed by atoms with Crippen LogP contribution in [0.15, 0.2) is 6.20 Å². The van der Waals surface area contributed by atoms with Crippen molar-refractivity contribution in [1.29, 1.82) is 0 Å². The summed E-state index contributed by atoms with van der Waals surface area (Å²) in [6.45, 7) is 8.40. The van der Waals surface area contributed by atoms with Crippen molar-refractivity contribution < 1.29 is 0 Å². The van der Waals surface area contributed by atoms with Gasteiger partial charge in [0.15, 0.2) is 0 Å². The number of hydrogen-bond acceptors (Lipinski definition) is 4. The molecular formula is C11H20N4. The van der Waals surface area contributed by atoms with E-state index in [9.17, 15) is 0 Å². The predicted molar refractivity (Wildman–Crippen MR) is 64.0 cm³/mol. The molecule has 4 nitrogen and oxygen atoms in total. The van der Waals surface area contributed by atoms with E-state index in [-0.39, 0.29) is 0 Å². The lowest BCUT2D eigenvalue weighted by atomic mass is 10.3. The molecule has 0 aliphatic carbocycles. The molecule has 2 N–H and O–H groups in total. The number of nitrogens with two attached hydrogens (primary N) is 1. The van der Waals surface area contributed by atoms with Crippen LogP contribution in [0.2, 0.25) is 0 Å². The second kappa shape index (κ2) is 5.53. The van der Waals surface area contributed by atoms with Crippen LogP contribution in [0.25, 0.3) is 0 Å². The minimum atomic E-state index is 0.354. The number of anilines is 2. The Morgan fingerprint density at radius 1 is 1.27 bits per heavy atom. The Bertz CT molecular complexity index is 305. The van der Waals surface area contributed by atoms with Gasteiger partial charge in [0.1, 0.15) is 5.82 Å². The lowest BCUT2D eigenvalue weighted by Crippen LogP contribution is -2.27. The zero-order valence-corrected chi connectivity index (χ0v) is 9.82. The van der Waals surface area contributed by atoms with Gasteiger partial charge in [0.2, 0.25) is 5.95 Å². The summed E-state index contributed by atoms with van der Waals surface area (Å²) in [6.07, 6.45) is 4.02. The molecule has 1 heterocycles. The highest BCUT2D eigenvalue weighted by atomic mass is 15.2. The topological polar surface area (TPSA) is 55.0 Å².